The minimum Gasteiger partial charge on any atom is -0.465 e. The molecule has 0 heterocycles. The number of hydrogen-bond acceptors (Lipinski definition) is 5. The summed E-state index contributed by atoms with van der Waals surface area (Å²) in [5.41, 5.74) is 5.58. The number of rotatable bonds is 2. The predicted molar refractivity (Wildman–Crippen MR) is 53.6 cm³/mol. The number of esters is 1. The van der Waals surface area contributed by atoms with Gasteiger partial charge in [-0.15, -0.1) is 0 Å². The molecule has 0 spiro atoms. The number of primary sulfonamides is 1. The van der Waals surface area contributed by atoms with Crippen molar-refractivity contribution in [1.29, 1.82) is 0 Å². The molecule has 0 aliphatic rings. The molecule has 7 heteroatoms. The van der Waals surface area contributed by atoms with Crippen LogP contribution >= 0.6 is 0 Å². The quantitative estimate of drug-likeness (QED) is 0.535. The van der Waals surface area contributed by atoms with Crippen LogP contribution in [0.5, 0.6) is 0 Å². The van der Waals surface area contributed by atoms with Crippen molar-refractivity contribution in [2.45, 2.75) is 4.90 Å². The van der Waals surface area contributed by atoms with Crippen LogP contribution < -0.4 is 10.9 Å². The number of hydrogen-bond donors (Lipinski definition) is 2. The second kappa shape index (κ2) is 3.87. The van der Waals surface area contributed by atoms with Crippen molar-refractivity contribution >= 4 is 21.7 Å². The second-order valence-electron chi connectivity index (χ2n) is 2.79. The van der Waals surface area contributed by atoms with Gasteiger partial charge in [0.2, 0.25) is 10.0 Å². The largest absolute Gasteiger partial charge is 0.465 e. The summed E-state index contributed by atoms with van der Waals surface area (Å²) in [5.74, 6) is -0.631. The number of nitrogens with two attached hydrogens (primary N) is 2. The van der Waals surface area contributed by atoms with E-state index in [-0.39, 0.29) is 16.1 Å². The van der Waals surface area contributed by atoms with Crippen LogP contribution in [-0.4, -0.2) is 21.5 Å². The number of carbonyl (C=O) groups excluding carboxylic acids is 1. The average Bonchev–Trinajstić information content (AvgIpc) is 2.15. The van der Waals surface area contributed by atoms with E-state index in [2.05, 4.69) is 4.74 Å². The Labute approximate surface area is 86.9 Å². The molecule has 0 amide bonds. The normalized spacial score (nSPS) is 11.1. The van der Waals surface area contributed by atoms with Crippen molar-refractivity contribution in [2.75, 3.05) is 12.8 Å². The van der Waals surface area contributed by atoms with Crippen LogP contribution in [0.25, 0.3) is 0 Å². The molecule has 0 aliphatic carbocycles. The molecule has 0 unspecified atom stereocenters. The van der Waals surface area contributed by atoms with Crippen molar-refractivity contribution in [3.63, 3.8) is 0 Å². The van der Waals surface area contributed by atoms with Crippen LogP contribution in [-0.2, 0) is 14.8 Å². The van der Waals surface area contributed by atoms with E-state index in [9.17, 15) is 13.2 Å². The number of carbonyl (C=O) groups is 1. The molecule has 4 N–H and O–H groups in total. The third kappa shape index (κ3) is 2.45. The highest BCUT2D eigenvalue weighted by Crippen LogP contribution is 2.17. The average molecular weight is 230 g/mol. The Morgan fingerprint density at radius 2 is 2.00 bits per heavy atom. The molecule has 0 fully saturated rings. The minimum absolute atomic E-state index is 0.00775. The Morgan fingerprint density at radius 1 is 1.40 bits per heavy atom. The number of methoxy groups -OCH3 is 1. The summed E-state index contributed by atoms with van der Waals surface area (Å²) in [7, 11) is -2.60. The third-order valence-electron chi connectivity index (χ3n) is 1.76. The van der Waals surface area contributed by atoms with Gasteiger partial charge in [0.15, 0.2) is 0 Å². The maximum absolute atomic E-state index is 11.1. The van der Waals surface area contributed by atoms with E-state index >= 15 is 0 Å². The molecule has 6 nitrogen and oxygen atoms in total. The molecule has 15 heavy (non-hydrogen) atoms. The Hall–Kier alpha value is -1.60. The van der Waals surface area contributed by atoms with E-state index in [0.717, 1.165) is 6.07 Å². The Bertz CT molecular complexity index is 495. The van der Waals surface area contributed by atoms with Gasteiger partial charge in [-0.3, -0.25) is 0 Å². The standard InChI is InChI=1S/C8H10N2O4S/c1-14-8(11)6-3-2-5(4-7(6)9)15(10,12)13/h2-4H,9H2,1H3,(H2,10,12,13). The van der Waals surface area contributed by atoms with E-state index < -0.39 is 16.0 Å². The molecule has 1 aromatic carbocycles. The van der Waals surface area contributed by atoms with Crippen LogP contribution in [0.2, 0.25) is 0 Å². The lowest BCUT2D eigenvalue weighted by atomic mass is 10.2. The summed E-state index contributed by atoms with van der Waals surface area (Å²) in [6.45, 7) is 0. The van der Waals surface area contributed by atoms with E-state index in [4.69, 9.17) is 10.9 Å². The zero-order valence-electron chi connectivity index (χ0n) is 7.93. The first-order valence-electron chi connectivity index (χ1n) is 3.87. The van der Waals surface area contributed by atoms with Crippen LogP contribution in [0.1, 0.15) is 10.4 Å². The summed E-state index contributed by atoms with van der Waals surface area (Å²) < 4.78 is 26.3. The van der Waals surface area contributed by atoms with Crippen molar-refractivity contribution in [3.05, 3.63) is 23.8 Å². The van der Waals surface area contributed by atoms with Gasteiger partial charge in [0.05, 0.1) is 17.6 Å². The number of ether oxygens (including phenoxy) is 1. The van der Waals surface area contributed by atoms with Crippen LogP contribution in [0.3, 0.4) is 0 Å². The lowest BCUT2D eigenvalue weighted by molar-refractivity contribution is 0.0602. The van der Waals surface area contributed by atoms with Crippen molar-refractivity contribution in [1.82, 2.24) is 0 Å². The number of benzene rings is 1. The molecule has 1 aromatic rings. The van der Waals surface area contributed by atoms with Crippen LogP contribution in [0.4, 0.5) is 5.69 Å². The lowest BCUT2D eigenvalue weighted by Gasteiger charge is -2.05. The topological polar surface area (TPSA) is 112 Å². The van der Waals surface area contributed by atoms with Gasteiger partial charge in [0.1, 0.15) is 0 Å². The van der Waals surface area contributed by atoms with Gasteiger partial charge in [-0.05, 0) is 18.2 Å². The highest BCUT2D eigenvalue weighted by atomic mass is 32.2. The summed E-state index contributed by atoms with van der Waals surface area (Å²) in [4.78, 5) is 11.0. The smallest absolute Gasteiger partial charge is 0.339 e. The zero-order chi connectivity index (χ0) is 11.6. The minimum atomic E-state index is -3.81. The molecular weight excluding hydrogens is 220 g/mol. The molecular formula is C8H10N2O4S. The fourth-order valence-electron chi connectivity index (χ4n) is 1.01. The van der Waals surface area contributed by atoms with Gasteiger partial charge in [0.25, 0.3) is 0 Å². The molecule has 0 saturated heterocycles. The molecule has 0 bridgehead atoms. The SMILES string of the molecule is COC(=O)c1ccc(S(N)(=O)=O)cc1N. The fourth-order valence-corrected chi connectivity index (χ4v) is 1.56. The van der Waals surface area contributed by atoms with Crippen molar-refractivity contribution < 1.29 is 17.9 Å². The lowest BCUT2D eigenvalue weighted by Crippen LogP contribution is -2.14. The molecule has 0 saturated carbocycles. The van der Waals surface area contributed by atoms with Crippen molar-refractivity contribution in [3.8, 4) is 0 Å². The second-order valence-corrected chi connectivity index (χ2v) is 4.35. The maximum Gasteiger partial charge on any atom is 0.339 e. The number of nitrogen functional groups attached to an aromatic ring is 1. The Balaban J connectivity index is 3.27. The monoisotopic (exact) mass is 230 g/mol. The first-order chi connectivity index (χ1) is 6.86. The first-order valence-corrected chi connectivity index (χ1v) is 5.41. The maximum atomic E-state index is 11.1. The summed E-state index contributed by atoms with van der Waals surface area (Å²) in [6.07, 6.45) is 0. The molecule has 82 valence electrons. The van der Waals surface area contributed by atoms with Gasteiger partial charge in [-0.2, -0.15) is 0 Å². The fraction of sp³-hybridized carbons (Fsp3) is 0.125. The van der Waals surface area contributed by atoms with Gasteiger partial charge in [-0.25, -0.2) is 18.4 Å². The highest BCUT2D eigenvalue weighted by Gasteiger charge is 2.14. The molecule has 1 rings (SSSR count). The van der Waals surface area contributed by atoms with Gasteiger partial charge >= 0.3 is 5.97 Å². The van der Waals surface area contributed by atoms with E-state index in [1.807, 2.05) is 0 Å². The van der Waals surface area contributed by atoms with Crippen molar-refractivity contribution in [2.24, 2.45) is 5.14 Å². The summed E-state index contributed by atoms with van der Waals surface area (Å²) in [5, 5.41) is 4.88. The van der Waals surface area contributed by atoms with Crippen LogP contribution in [0, 0.1) is 0 Å². The van der Waals surface area contributed by atoms with E-state index in [1.165, 1.54) is 19.2 Å². The molecule has 0 aromatic heterocycles. The van der Waals surface area contributed by atoms with Gasteiger partial charge < -0.3 is 10.5 Å². The first kappa shape index (κ1) is 11.5. The third-order valence-corrected chi connectivity index (χ3v) is 2.67. The molecule has 0 atom stereocenters. The Morgan fingerprint density at radius 3 is 2.40 bits per heavy atom. The van der Waals surface area contributed by atoms with Gasteiger partial charge in [-0.1, -0.05) is 0 Å². The number of sulfonamides is 1. The molecule has 0 aliphatic heterocycles. The van der Waals surface area contributed by atoms with Gasteiger partial charge in [0, 0.05) is 5.69 Å². The molecule has 0 radical (unpaired) electrons. The summed E-state index contributed by atoms with van der Waals surface area (Å²) >= 11 is 0. The van der Waals surface area contributed by atoms with E-state index in [1.54, 1.807) is 0 Å². The Kier molecular flexibility index (Phi) is 2.96. The zero-order valence-corrected chi connectivity index (χ0v) is 8.74. The van der Waals surface area contributed by atoms with Crippen LogP contribution in [0.15, 0.2) is 23.1 Å². The highest BCUT2D eigenvalue weighted by molar-refractivity contribution is 7.89. The van der Waals surface area contributed by atoms with E-state index in [0.29, 0.717) is 0 Å². The number of anilines is 1. The predicted octanol–water partition coefficient (Wildman–Crippen LogP) is -0.297. The summed E-state index contributed by atoms with van der Waals surface area (Å²) in [6, 6.07) is 3.56.